The lowest BCUT2D eigenvalue weighted by Crippen LogP contribution is -2.37. The molecule has 1 aromatic carbocycles. The highest BCUT2D eigenvalue weighted by atomic mass is 16.5. The van der Waals surface area contributed by atoms with Crippen LogP contribution >= 0.6 is 0 Å². The molecule has 0 radical (unpaired) electrons. The summed E-state index contributed by atoms with van der Waals surface area (Å²) in [5, 5.41) is 0. The molecule has 4 nitrogen and oxygen atoms in total. The molecule has 1 aliphatic rings. The zero-order valence-electron chi connectivity index (χ0n) is 14.7. The SMILES string of the molecule is CCCOc1cc2c(cc1C(N)=O)CC(N(CCC)CCC)C2. The molecule has 1 atom stereocenters. The summed E-state index contributed by atoms with van der Waals surface area (Å²) in [5.41, 5.74) is 8.63. The van der Waals surface area contributed by atoms with Gasteiger partial charge >= 0.3 is 0 Å². The molecule has 2 N–H and O–H groups in total. The zero-order valence-corrected chi connectivity index (χ0v) is 14.7. The number of nitrogens with zero attached hydrogens (tertiary/aromatic N) is 1. The lowest BCUT2D eigenvalue weighted by atomic mass is 10.0. The van der Waals surface area contributed by atoms with Gasteiger partial charge in [0, 0.05) is 6.04 Å². The van der Waals surface area contributed by atoms with Crippen molar-refractivity contribution in [3.05, 3.63) is 28.8 Å². The first kappa shape index (κ1) is 17.8. The van der Waals surface area contributed by atoms with Gasteiger partial charge in [0.15, 0.2) is 0 Å². The van der Waals surface area contributed by atoms with Crippen molar-refractivity contribution in [2.24, 2.45) is 5.73 Å². The van der Waals surface area contributed by atoms with Gasteiger partial charge in [0.2, 0.25) is 0 Å². The lowest BCUT2D eigenvalue weighted by Gasteiger charge is -2.27. The molecule has 0 spiro atoms. The summed E-state index contributed by atoms with van der Waals surface area (Å²) < 4.78 is 5.75. The standard InChI is InChI=1S/C19H30N2O2/c1-4-7-21(8-5-2)16-10-14-12-17(19(20)22)18(23-9-6-3)13-15(14)11-16/h12-13,16H,4-11H2,1-3H3,(H2,20,22). The number of carbonyl (C=O) groups excluding carboxylic acids is 1. The number of hydrogen-bond donors (Lipinski definition) is 1. The Labute approximate surface area is 140 Å². The average Bonchev–Trinajstić information content (AvgIpc) is 2.94. The van der Waals surface area contributed by atoms with Crippen molar-refractivity contribution < 1.29 is 9.53 Å². The van der Waals surface area contributed by atoms with Crippen LogP contribution in [0.1, 0.15) is 61.5 Å². The van der Waals surface area contributed by atoms with Crippen molar-refractivity contribution in [3.63, 3.8) is 0 Å². The maximum atomic E-state index is 11.7. The number of benzene rings is 1. The maximum absolute atomic E-state index is 11.7. The number of rotatable bonds is 9. The zero-order chi connectivity index (χ0) is 16.8. The van der Waals surface area contributed by atoms with E-state index in [0.717, 1.165) is 32.4 Å². The molecular weight excluding hydrogens is 288 g/mol. The largest absolute Gasteiger partial charge is 0.493 e. The lowest BCUT2D eigenvalue weighted by molar-refractivity contribution is 0.0996. The van der Waals surface area contributed by atoms with Crippen LogP contribution in [0, 0.1) is 0 Å². The minimum absolute atomic E-state index is 0.402. The van der Waals surface area contributed by atoms with E-state index in [2.05, 4.69) is 25.7 Å². The number of carbonyl (C=O) groups is 1. The van der Waals surface area contributed by atoms with Gasteiger partial charge in [0.05, 0.1) is 12.2 Å². The number of ether oxygens (including phenoxy) is 1. The molecular formula is C19H30N2O2. The summed E-state index contributed by atoms with van der Waals surface area (Å²) in [4.78, 5) is 14.3. The monoisotopic (exact) mass is 318 g/mol. The fraction of sp³-hybridized carbons (Fsp3) is 0.632. The van der Waals surface area contributed by atoms with Gasteiger partial charge in [-0.15, -0.1) is 0 Å². The van der Waals surface area contributed by atoms with Crippen LogP contribution in [-0.2, 0) is 12.8 Å². The van der Waals surface area contributed by atoms with E-state index < -0.39 is 5.91 Å². The molecule has 1 aliphatic carbocycles. The molecule has 0 fully saturated rings. The predicted molar refractivity (Wildman–Crippen MR) is 94.1 cm³/mol. The molecule has 0 aromatic heterocycles. The second-order valence-corrected chi connectivity index (χ2v) is 6.43. The van der Waals surface area contributed by atoms with Gasteiger partial charge in [0.1, 0.15) is 5.75 Å². The van der Waals surface area contributed by atoms with Crippen molar-refractivity contribution in [1.29, 1.82) is 0 Å². The molecule has 1 aromatic rings. The Hall–Kier alpha value is -1.55. The van der Waals surface area contributed by atoms with E-state index in [0.29, 0.717) is 24.0 Å². The average molecular weight is 318 g/mol. The Morgan fingerprint density at radius 1 is 1.13 bits per heavy atom. The van der Waals surface area contributed by atoms with Gasteiger partial charge in [-0.05, 0) is 68.5 Å². The van der Waals surface area contributed by atoms with Crippen LogP contribution in [0.15, 0.2) is 12.1 Å². The fourth-order valence-electron chi connectivity index (χ4n) is 3.46. The highest BCUT2D eigenvalue weighted by Crippen LogP contribution is 2.32. The molecule has 1 amide bonds. The van der Waals surface area contributed by atoms with Gasteiger partial charge in [-0.1, -0.05) is 20.8 Å². The predicted octanol–water partition coefficient (Wildman–Crippen LogP) is 3.16. The van der Waals surface area contributed by atoms with Crippen molar-refractivity contribution in [1.82, 2.24) is 4.90 Å². The van der Waals surface area contributed by atoms with Crippen LogP contribution in [0.3, 0.4) is 0 Å². The minimum atomic E-state index is -0.402. The second kappa shape index (κ2) is 8.34. The molecule has 1 unspecified atom stereocenters. The number of amides is 1. The third-order valence-corrected chi connectivity index (χ3v) is 4.48. The van der Waals surface area contributed by atoms with Crippen molar-refractivity contribution in [2.75, 3.05) is 19.7 Å². The third-order valence-electron chi connectivity index (χ3n) is 4.48. The second-order valence-electron chi connectivity index (χ2n) is 6.43. The van der Waals surface area contributed by atoms with Crippen LogP contribution in [0.25, 0.3) is 0 Å². The molecule has 0 saturated heterocycles. The van der Waals surface area contributed by atoms with E-state index >= 15 is 0 Å². The summed E-state index contributed by atoms with van der Waals surface area (Å²) in [5.74, 6) is 0.248. The Balaban J connectivity index is 2.22. The molecule has 2 rings (SSSR count). The quantitative estimate of drug-likeness (QED) is 0.761. The first-order valence-corrected chi connectivity index (χ1v) is 8.93. The normalized spacial score (nSPS) is 16.6. The summed E-state index contributed by atoms with van der Waals surface area (Å²) in [6, 6.07) is 4.53. The van der Waals surface area contributed by atoms with Crippen molar-refractivity contribution in [2.45, 2.75) is 58.9 Å². The van der Waals surface area contributed by atoms with E-state index in [4.69, 9.17) is 10.5 Å². The van der Waals surface area contributed by atoms with Gasteiger partial charge in [-0.2, -0.15) is 0 Å². The Bertz CT molecular complexity index is 536. The maximum Gasteiger partial charge on any atom is 0.252 e. The highest BCUT2D eigenvalue weighted by molar-refractivity contribution is 5.96. The molecule has 128 valence electrons. The van der Waals surface area contributed by atoms with Crippen LogP contribution in [-0.4, -0.2) is 36.5 Å². The van der Waals surface area contributed by atoms with Crippen molar-refractivity contribution in [3.8, 4) is 5.75 Å². The molecule has 0 saturated carbocycles. The van der Waals surface area contributed by atoms with E-state index in [1.165, 1.54) is 24.0 Å². The van der Waals surface area contributed by atoms with Crippen LogP contribution in [0.5, 0.6) is 5.75 Å². The molecule has 0 heterocycles. The van der Waals surface area contributed by atoms with Gasteiger partial charge in [-0.25, -0.2) is 0 Å². The van der Waals surface area contributed by atoms with Gasteiger partial charge in [-0.3, -0.25) is 9.69 Å². The van der Waals surface area contributed by atoms with E-state index in [1.807, 2.05) is 12.1 Å². The fourth-order valence-corrected chi connectivity index (χ4v) is 3.46. The summed E-state index contributed by atoms with van der Waals surface area (Å²) in [7, 11) is 0. The smallest absolute Gasteiger partial charge is 0.252 e. The molecule has 23 heavy (non-hydrogen) atoms. The Morgan fingerprint density at radius 2 is 1.74 bits per heavy atom. The molecule has 0 bridgehead atoms. The molecule has 4 heteroatoms. The number of primary amides is 1. The first-order valence-electron chi connectivity index (χ1n) is 8.93. The van der Waals surface area contributed by atoms with E-state index in [-0.39, 0.29) is 0 Å². The first-order chi connectivity index (χ1) is 11.1. The van der Waals surface area contributed by atoms with E-state index in [9.17, 15) is 4.79 Å². The van der Waals surface area contributed by atoms with Crippen LogP contribution < -0.4 is 10.5 Å². The number of fused-ring (bicyclic) bond motifs is 1. The van der Waals surface area contributed by atoms with Gasteiger partial charge in [0.25, 0.3) is 5.91 Å². The third kappa shape index (κ3) is 4.25. The van der Waals surface area contributed by atoms with E-state index in [1.54, 1.807) is 0 Å². The topological polar surface area (TPSA) is 55.6 Å². The van der Waals surface area contributed by atoms with Crippen molar-refractivity contribution >= 4 is 5.91 Å². The summed E-state index contributed by atoms with van der Waals surface area (Å²) in [6.45, 7) is 9.39. The Morgan fingerprint density at radius 3 is 2.26 bits per heavy atom. The summed E-state index contributed by atoms with van der Waals surface area (Å²) >= 11 is 0. The molecule has 0 aliphatic heterocycles. The number of hydrogen-bond acceptors (Lipinski definition) is 3. The number of nitrogens with two attached hydrogens (primary N) is 1. The Kier molecular flexibility index (Phi) is 6.46. The van der Waals surface area contributed by atoms with Crippen LogP contribution in [0.4, 0.5) is 0 Å². The summed E-state index contributed by atoms with van der Waals surface area (Å²) in [6.07, 6.45) is 5.30. The van der Waals surface area contributed by atoms with Gasteiger partial charge < -0.3 is 10.5 Å². The highest BCUT2D eigenvalue weighted by Gasteiger charge is 2.28. The van der Waals surface area contributed by atoms with Crippen LogP contribution in [0.2, 0.25) is 0 Å². The minimum Gasteiger partial charge on any atom is -0.493 e.